The van der Waals surface area contributed by atoms with E-state index in [1.54, 1.807) is 35.5 Å². The fourth-order valence-corrected chi connectivity index (χ4v) is 5.20. The van der Waals surface area contributed by atoms with Crippen LogP contribution in [-0.2, 0) is 13.0 Å². The molecule has 2 aromatic carbocycles. The first-order valence-electron chi connectivity index (χ1n) is 10.9. The van der Waals surface area contributed by atoms with Crippen LogP contribution in [0.1, 0.15) is 10.6 Å². The number of aromatic nitrogens is 3. The molecule has 0 unspecified atom stereocenters. The van der Waals surface area contributed by atoms with Gasteiger partial charge in [-0.15, -0.1) is 5.10 Å². The zero-order valence-electron chi connectivity index (χ0n) is 19.8. The zero-order chi connectivity index (χ0) is 24.5. The van der Waals surface area contributed by atoms with E-state index in [1.165, 1.54) is 21.3 Å². The topological polar surface area (TPSA) is 99.5 Å². The highest BCUT2D eigenvalue weighted by Crippen LogP contribution is 2.40. The normalized spacial score (nSPS) is 12.9. The molecule has 11 heteroatoms. The van der Waals surface area contributed by atoms with Gasteiger partial charge in [0.25, 0.3) is 0 Å². The number of carbonyl (C=O) groups is 1. The van der Waals surface area contributed by atoms with Crippen molar-refractivity contribution in [2.45, 2.75) is 13.0 Å². The largest absolute Gasteiger partial charge is 0.497 e. The van der Waals surface area contributed by atoms with E-state index >= 15 is 0 Å². The monoisotopic (exact) mass is 495 g/mol. The molecule has 182 valence electrons. The summed E-state index contributed by atoms with van der Waals surface area (Å²) in [5.74, 6) is 2.88. The number of rotatable bonds is 6. The van der Waals surface area contributed by atoms with Gasteiger partial charge in [-0.25, -0.2) is 9.31 Å². The minimum absolute atomic E-state index is 0.206. The van der Waals surface area contributed by atoms with Crippen molar-refractivity contribution in [2.75, 3.05) is 40.3 Å². The predicted molar refractivity (Wildman–Crippen MR) is 132 cm³/mol. The number of nitrogens with zero attached hydrogens (tertiary/aromatic N) is 4. The third-order valence-corrected chi connectivity index (χ3v) is 6.93. The number of hydrogen-bond acceptors (Lipinski definition) is 8. The molecule has 0 saturated carbocycles. The van der Waals surface area contributed by atoms with Crippen molar-refractivity contribution in [3.05, 3.63) is 47.0 Å². The fourth-order valence-electron chi connectivity index (χ4n) is 4.08. The van der Waals surface area contributed by atoms with E-state index in [4.69, 9.17) is 29.0 Å². The molecule has 0 fully saturated rings. The first-order valence-corrected chi connectivity index (χ1v) is 11.7. The summed E-state index contributed by atoms with van der Waals surface area (Å²) in [7, 11) is 6.25. The van der Waals surface area contributed by atoms with E-state index in [1.807, 2.05) is 28.8 Å². The maximum absolute atomic E-state index is 13.0. The first kappa shape index (κ1) is 22.8. The summed E-state index contributed by atoms with van der Waals surface area (Å²) in [6.45, 7) is 1.05. The van der Waals surface area contributed by atoms with Crippen molar-refractivity contribution in [3.63, 3.8) is 0 Å². The lowest BCUT2D eigenvalue weighted by atomic mass is 10.2. The van der Waals surface area contributed by atoms with Crippen LogP contribution in [0.25, 0.3) is 16.3 Å². The van der Waals surface area contributed by atoms with Crippen molar-refractivity contribution < 1.29 is 23.7 Å². The molecule has 3 heterocycles. The smallest absolute Gasteiger partial charge is 0.322 e. The summed E-state index contributed by atoms with van der Waals surface area (Å²) in [4.78, 5) is 21.4. The molecule has 0 aliphatic carbocycles. The first-order chi connectivity index (χ1) is 17.0. The number of thiazole rings is 1. The number of carbonyl (C=O) groups excluding carboxylic acids is 1. The number of methoxy groups -OCH3 is 4. The highest BCUT2D eigenvalue weighted by atomic mass is 32.1. The molecule has 1 aliphatic heterocycles. The minimum atomic E-state index is -0.206. The number of amides is 2. The molecule has 0 atom stereocenters. The third-order valence-electron chi connectivity index (χ3n) is 5.87. The van der Waals surface area contributed by atoms with Gasteiger partial charge in [0.1, 0.15) is 5.75 Å². The molecule has 2 amide bonds. The predicted octanol–water partition coefficient (Wildman–Crippen LogP) is 4.08. The Morgan fingerprint density at radius 1 is 1.00 bits per heavy atom. The quantitative estimate of drug-likeness (QED) is 0.430. The molecule has 0 bridgehead atoms. The molecule has 4 aromatic rings. The van der Waals surface area contributed by atoms with Crippen LogP contribution < -0.4 is 24.3 Å². The van der Waals surface area contributed by atoms with Gasteiger partial charge in [0, 0.05) is 35.5 Å². The Morgan fingerprint density at radius 2 is 1.71 bits per heavy atom. The lowest BCUT2D eigenvalue weighted by Gasteiger charge is -2.27. The highest BCUT2D eigenvalue weighted by Gasteiger charge is 2.27. The molecule has 2 aromatic heterocycles. The van der Waals surface area contributed by atoms with Gasteiger partial charge in [-0.3, -0.25) is 0 Å². The molecule has 5 rings (SSSR count). The number of ether oxygens (including phenoxy) is 4. The lowest BCUT2D eigenvalue weighted by molar-refractivity contribution is 0.206. The van der Waals surface area contributed by atoms with Gasteiger partial charge in [-0.05, 0) is 24.3 Å². The van der Waals surface area contributed by atoms with Crippen LogP contribution in [0.3, 0.4) is 0 Å². The maximum atomic E-state index is 13.0. The van der Waals surface area contributed by atoms with Crippen molar-refractivity contribution in [3.8, 4) is 34.4 Å². The van der Waals surface area contributed by atoms with Gasteiger partial charge in [-0.1, -0.05) is 11.3 Å². The van der Waals surface area contributed by atoms with Crippen molar-refractivity contribution in [2.24, 2.45) is 0 Å². The molecule has 0 radical (unpaired) electrons. The molecular formula is C24H25N5O5S. The van der Waals surface area contributed by atoms with Gasteiger partial charge in [0.2, 0.25) is 10.7 Å². The molecule has 1 N–H and O–H groups in total. The summed E-state index contributed by atoms with van der Waals surface area (Å²) in [5, 5.41) is 7.66. The van der Waals surface area contributed by atoms with Crippen LogP contribution in [-0.4, -0.2) is 60.5 Å². The highest BCUT2D eigenvalue weighted by molar-refractivity contribution is 7.17. The van der Waals surface area contributed by atoms with Gasteiger partial charge >= 0.3 is 6.03 Å². The van der Waals surface area contributed by atoms with Gasteiger partial charge < -0.3 is 29.2 Å². The van der Waals surface area contributed by atoms with E-state index in [2.05, 4.69) is 5.32 Å². The lowest BCUT2D eigenvalue weighted by Crippen LogP contribution is -2.38. The van der Waals surface area contributed by atoms with E-state index in [0.29, 0.717) is 48.3 Å². The van der Waals surface area contributed by atoms with Crippen molar-refractivity contribution in [1.82, 2.24) is 19.5 Å². The molecule has 10 nitrogen and oxygen atoms in total. The third kappa shape index (κ3) is 4.18. The number of urea groups is 1. The number of benzene rings is 2. The second-order valence-electron chi connectivity index (χ2n) is 7.85. The van der Waals surface area contributed by atoms with Crippen LogP contribution in [0.2, 0.25) is 0 Å². The average Bonchev–Trinajstić information content (AvgIpc) is 3.45. The molecule has 35 heavy (non-hydrogen) atoms. The minimum Gasteiger partial charge on any atom is -0.497 e. The average molecular weight is 496 g/mol. The van der Waals surface area contributed by atoms with Crippen molar-refractivity contribution in [1.29, 1.82) is 0 Å². The molecule has 0 spiro atoms. The Labute approximate surface area is 206 Å². The van der Waals surface area contributed by atoms with Gasteiger partial charge in [0.15, 0.2) is 17.3 Å². The summed E-state index contributed by atoms with van der Waals surface area (Å²) < 4.78 is 23.2. The van der Waals surface area contributed by atoms with Gasteiger partial charge in [0.05, 0.1) is 46.4 Å². The Bertz CT molecular complexity index is 1360. The Kier molecular flexibility index (Phi) is 6.08. The molecule has 1 aliphatic rings. The van der Waals surface area contributed by atoms with Gasteiger partial charge in [-0.2, -0.15) is 4.98 Å². The number of hydrogen-bond donors (Lipinski definition) is 1. The Morgan fingerprint density at radius 3 is 2.34 bits per heavy atom. The van der Waals surface area contributed by atoms with E-state index in [-0.39, 0.29) is 6.03 Å². The Hall–Kier alpha value is -3.99. The van der Waals surface area contributed by atoms with Crippen molar-refractivity contribution >= 4 is 28.0 Å². The summed E-state index contributed by atoms with van der Waals surface area (Å²) in [6, 6.07) is 10.9. The van der Waals surface area contributed by atoms with Crippen LogP contribution in [0, 0.1) is 0 Å². The van der Waals surface area contributed by atoms with Crippen LogP contribution in [0.4, 0.5) is 10.5 Å². The molecule has 0 saturated heterocycles. The number of fused-ring (bicyclic) bond motifs is 3. The SMILES string of the molecule is COc1ccc(-c2nc3sc4c(n3n2)CCN(C(=O)Nc2cc(OC)c(OC)c(OC)c2)C4)cc1. The van der Waals surface area contributed by atoms with E-state index < -0.39 is 0 Å². The number of anilines is 1. The molecular weight excluding hydrogens is 470 g/mol. The second kappa shape index (κ2) is 9.34. The standard InChI is InChI=1S/C24H25N5O5S/c1-31-16-7-5-14(6-8-16)22-26-24-29(27-22)17-9-10-28(13-20(17)35-24)23(30)25-15-11-18(32-2)21(34-4)19(12-15)33-3/h5-8,11-12H,9-10,13H2,1-4H3,(H,25,30). The summed E-state index contributed by atoms with van der Waals surface area (Å²) >= 11 is 1.55. The second-order valence-corrected chi connectivity index (χ2v) is 8.91. The van der Waals surface area contributed by atoms with E-state index in [9.17, 15) is 4.79 Å². The van der Waals surface area contributed by atoms with Crippen LogP contribution in [0.15, 0.2) is 36.4 Å². The van der Waals surface area contributed by atoms with Crippen LogP contribution >= 0.6 is 11.3 Å². The summed E-state index contributed by atoms with van der Waals surface area (Å²) in [6.07, 6.45) is 0.684. The zero-order valence-corrected chi connectivity index (χ0v) is 20.6. The Balaban J connectivity index is 1.33. The number of nitrogens with one attached hydrogen (secondary N) is 1. The van der Waals surface area contributed by atoms with E-state index in [0.717, 1.165) is 26.8 Å². The fraction of sp³-hybridized carbons (Fsp3) is 0.292. The summed E-state index contributed by atoms with van der Waals surface area (Å²) in [5.41, 5.74) is 2.58. The maximum Gasteiger partial charge on any atom is 0.322 e. The van der Waals surface area contributed by atoms with Crippen LogP contribution in [0.5, 0.6) is 23.0 Å².